The molecule has 7 fully saturated rings. The molecule has 11 unspecified atom stereocenters. The van der Waals surface area contributed by atoms with Crippen molar-refractivity contribution in [3.63, 3.8) is 0 Å². The Kier molecular flexibility index (Phi) is 4.40. The predicted octanol–water partition coefficient (Wildman–Crippen LogP) is 5.07. The van der Waals surface area contributed by atoms with Gasteiger partial charge in [-0.15, -0.1) is 0 Å². The van der Waals surface area contributed by atoms with Crippen LogP contribution in [0.15, 0.2) is 0 Å². The molecule has 1 N–H and O–H groups in total. The molecule has 4 aliphatic carbocycles. The molecule has 7 aliphatic rings. The number of nitrogens with one attached hydrogen (secondary N) is 1. The molecule has 0 spiro atoms. The quantitative estimate of drug-likeness (QED) is 0.611. The standard InChI is InChI=1S/C25H40N2S/c1-2-6-17-14-20-18(13-16(17)5-1)24-23-15(11-12-26-24)9-10-22-25(23)27(20)19-7-3-4-8-21(19)28-22/h15-26H,1-14H2. The molecule has 11 atom stereocenters. The van der Waals surface area contributed by atoms with Gasteiger partial charge in [-0.3, -0.25) is 4.90 Å². The molecular formula is C25H40N2S. The van der Waals surface area contributed by atoms with Crippen molar-refractivity contribution in [2.75, 3.05) is 6.54 Å². The van der Waals surface area contributed by atoms with Crippen LogP contribution in [0.25, 0.3) is 0 Å². The Hall–Kier alpha value is 0.270. The van der Waals surface area contributed by atoms with Crippen molar-refractivity contribution < 1.29 is 0 Å². The number of hydrogen-bond donors (Lipinski definition) is 1. The van der Waals surface area contributed by atoms with Crippen molar-refractivity contribution in [1.82, 2.24) is 10.2 Å². The van der Waals surface area contributed by atoms with Crippen LogP contribution in [0.2, 0.25) is 0 Å². The van der Waals surface area contributed by atoms with Gasteiger partial charge in [-0.1, -0.05) is 38.5 Å². The molecular weight excluding hydrogens is 360 g/mol. The summed E-state index contributed by atoms with van der Waals surface area (Å²) in [6.45, 7) is 1.32. The van der Waals surface area contributed by atoms with E-state index in [1.54, 1.807) is 32.1 Å². The van der Waals surface area contributed by atoms with Gasteiger partial charge >= 0.3 is 0 Å². The minimum atomic E-state index is 0.872. The van der Waals surface area contributed by atoms with Gasteiger partial charge < -0.3 is 5.32 Å². The van der Waals surface area contributed by atoms with Crippen LogP contribution in [0.3, 0.4) is 0 Å². The summed E-state index contributed by atoms with van der Waals surface area (Å²) in [7, 11) is 0. The molecule has 156 valence electrons. The Labute approximate surface area is 176 Å². The molecule has 3 saturated heterocycles. The Morgan fingerprint density at radius 2 is 1.50 bits per heavy atom. The Bertz CT molecular complexity index is 609. The minimum Gasteiger partial charge on any atom is -0.313 e. The normalized spacial score (nSPS) is 58.1. The number of nitrogens with zero attached hydrogens (tertiary/aromatic N) is 1. The summed E-state index contributed by atoms with van der Waals surface area (Å²) in [6.07, 6.45) is 19.9. The second-order valence-electron chi connectivity index (χ2n) is 11.7. The van der Waals surface area contributed by atoms with Crippen molar-refractivity contribution in [2.45, 2.75) is 118 Å². The summed E-state index contributed by atoms with van der Waals surface area (Å²) < 4.78 is 0. The van der Waals surface area contributed by atoms with Crippen LogP contribution in [-0.2, 0) is 0 Å². The first-order valence-corrected chi connectivity index (χ1v) is 14.0. The topological polar surface area (TPSA) is 15.3 Å². The number of rotatable bonds is 0. The molecule has 7 rings (SSSR count). The number of fused-ring (bicyclic) bond motifs is 6. The monoisotopic (exact) mass is 400 g/mol. The number of piperidine rings is 2. The highest BCUT2D eigenvalue weighted by molar-refractivity contribution is 8.00. The third kappa shape index (κ3) is 2.54. The van der Waals surface area contributed by atoms with Gasteiger partial charge in [0.15, 0.2) is 0 Å². The Morgan fingerprint density at radius 1 is 0.679 bits per heavy atom. The van der Waals surface area contributed by atoms with E-state index in [9.17, 15) is 0 Å². The van der Waals surface area contributed by atoms with E-state index in [0.717, 1.165) is 64.3 Å². The predicted molar refractivity (Wildman–Crippen MR) is 118 cm³/mol. The molecule has 0 aromatic rings. The molecule has 0 aromatic heterocycles. The van der Waals surface area contributed by atoms with Gasteiger partial charge in [0.05, 0.1) is 0 Å². The zero-order valence-corrected chi connectivity index (χ0v) is 18.4. The highest BCUT2D eigenvalue weighted by Gasteiger charge is 2.62. The van der Waals surface area contributed by atoms with E-state index >= 15 is 0 Å². The molecule has 0 bridgehead atoms. The van der Waals surface area contributed by atoms with Crippen LogP contribution in [0, 0.1) is 29.6 Å². The fourth-order valence-corrected chi connectivity index (χ4v) is 11.7. The maximum absolute atomic E-state index is 4.17. The molecule has 3 heterocycles. The van der Waals surface area contributed by atoms with Crippen LogP contribution < -0.4 is 5.32 Å². The summed E-state index contributed by atoms with van der Waals surface area (Å²) in [4.78, 5) is 3.31. The van der Waals surface area contributed by atoms with Crippen LogP contribution in [0.5, 0.6) is 0 Å². The van der Waals surface area contributed by atoms with Gasteiger partial charge in [-0.2, -0.15) is 11.8 Å². The number of thioether (sulfide) groups is 1. The van der Waals surface area contributed by atoms with Crippen molar-refractivity contribution in [3.05, 3.63) is 0 Å². The molecule has 4 saturated carbocycles. The molecule has 0 amide bonds. The van der Waals surface area contributed by atoms with E-state index in [2.05, 4.69) is 22.0 Å². The highest BCUT2D eigenvalue weighted by Crippen LogP contribution is 2.59. The maximum Gasteiger partial charge on any atom is 0.0267 e. The summed E-state index contributed by atoms with van der Waals surface area (Å²) in [5, 5.41) is 6.11. The van der Waals surface area contributed by atoms with Gasteiger partial charge in [0.2, 0.25) is 0 Å². The van der Waals surface area contributed by atoms with Crippen molar-refractivity contribution in [1.29, 1.82) is 0 Å². The second-order valence-corrected chi connectivity index (χ2v) is 13.2. The van der Waals surface area contributed by atoms with Gasteiger partial charge in [0, 0.05) is 34.7 Å². The highest BCUT2D eigenvalue weighted by atomic mass is 32.2. The van der Waals surface area contributed by atoms with Crippen molar-refractivity contribution >= 4 is 11.8 Å². The summed E-state index contributed by atoms with van der Waals surface area (Å²) in [6, 6.07) is 3.68. The van der Waals surface area contributed by atoms with E-state index in [1.165, 1.54) is 57.9 Å². The lowest BCUT2D eigenvalue weighted by Crippen LogP contribution is -2.76. The van der Waals surface area contributed by atoms with Crippen molar-refractivity contribution in [2.24, 2.45) is 29.6 Å². The van der Waals surface area contributed by atoms with Crippen LogP contribution in [0.4, 0.5) is 0 Å². The fourth-order valence-electron chi connectivity index (χ4n) is 9.77. The average Bonchev–Trinajstić information content (AvgIpc) is 2.76. The summed E-state index contributed by atoms with van der Waals surface area (Å²) >= 11 is 2.49. The van der Waals surface area contributed by atoms with Gasteiger partial charge in [-0.25, -0.2) is 0 Å². The van der Waals surface area contributed by atoms with E-state index < -0.39 is 0 Å². The third-order valence-corrected chi connectivity index (χ3v) is 12.5. The van der Waals surface area contributed by atoms with Gasteiger partial charge in [-0.05, 0) is 81.1 Å². The SMILES string of the molecule is C1CCC2CC3C(CC2C1)C1NCCC2CCC4SC5CCCCC5N3C4C21. The Morgan fingerprint density at radius 3 is 2.43 bits per heavy atom. The lowest BCUT2D eigenvalue weighted by atomic mass is 9.55. The van der Waals surface area contributed by atoms with E-state index in [1.807, 2.05) is 0 Å². The maximum atomic E-state index is 4.17. The van der Waals surface area contributed by atoms with Crippen LogP contribution >= 0.6 is 11.8 Å². The lowest BCUT2D eigenvalue weighted by molar-refractivity contribution is -0.136. The van der Waals surface area contributed by atoms with Crippen LogP contribution in [0.1, 0.15) is 83.5 Å². The smallest absolute Gasteiger partial charge is 0.0267 e. The first kappa shape index (κ1) is 17.9. The molecule has 2 nitrogen and oxygen atoms in total. The molecule has 3 heteroatoms. The summed E-state index contributed by atoms with van der Waals surface area (Å²) in [5.74, 6) is 5.16. The Balaban J connectivity index is 1.30. The third-order valence-electron chi connectivity index (χ3n) is 10.7. The zero-order valence-electron chi connectivity index (χ0n) is 17.6. The first-order chi connectivity index (χ1) is 13.9. The minimum absolute atomic E-state index is 0.872. The van der Waals surface area contributed by atoms with Gasteiger partial charge in [0.25, 0.3) is 0 Å². The van der Waals surface area contributed by atoms with E-state index in [0.29, 0.717) is 0 Å². The van der Waals surface area contributed by atoms with Crippen molar-refractivity contribution in [3.8, 4) is 0 Å². The molecule has 3 aliphatic heterocycles. The molecule has 0 aromatic carbocycles. The van der Waals surface area contributed by atoms with E-state index in [-0.39, 0.29) is 0 Å². The van der Waals surface area contributed by atoms with Gasteiger partial charge in [0.1, 0.15) is 0 Å². The van der Waals surface area contributed by atoms with E-state index in [4.69, 9.17) is 0 Å². The second kappa shape index (κ2) is 6.89. The largest absolute Gasteiger partial charge is 0.313 e. The van der Waals surface area contributed by atoms with Crippen LogP contribution in [-0.4, -0.2) is 46.1 Å². The zero-order chi connectivity index (χ0) is 18.2. The summed E-state index contributed by atoms with van der Waals surface area (Å²) in [5.41, 5.74) is 0. The molecule has 0 radical (unpaired) electrons. The lowest BCUT2D eigenvalue weighted by Gasteiger charge is -2.69. The fraction of sp³-hybridized carbons (Fsp3) is 1.00. The number of hydrogen-bond acceptors (Lipinski definition) is 3. The average molecular weight is 401 g/mol. The molecule has 28 heavy (non-hydrogen) atoms. The first-order valence-electron chi connectivity index (χ1n) is 13.0.